The first-order valence-electron chi connectivity index (χ1n) is 5.23. The summed E-state index contributed by atoms with van der Waals surface area (Å²) in [5, 5.41) is 12.2. The zero-order chi connectivity index (χ0) is 12.7. The van der Waals surface area contributed by atoms with Crippen LogP contribution in [0.25, 0.3) is 0 Å². The van der Waals surface area contributed by atoms with Crippen molar-refractivity contribution in [1.82, 2.24) is 0 Å². The van der Waals surface area contributed by atoms with Crippen LogP contribution in [0, 0.1) is 17.1 Å². The fourth-order valence-corrected chi connectivity index (χ4v) is 1.73. The summed E-state index contributed by atoms with van der Waals surface area (Å²) in [4.78, 5) is 11.5. The Bertz CT molecular complexity index is 443. The molecule has 0 aliphatic rings. The van der Waals surface area contributed by atoms with Crippen LogP contribution in [0.1, 0.15) is 24.8 Å². The van der Waals surface area contributed by atoms with Gasteiger partial charge in [0, 0.05) is 11.8 Å². The minimum Gasteiger partial charge on any atom is -0.325 e. The lowest BCUT2D eigenvalue weighted by Gasteiger charge is -2.06. The van der Waals surface area contributed by atoms with Crippen molar-refractivity contribution < 1.29 is 9.18 Å². The molecule has 0 saturated heterocycles. The van der Waals surface area contributed by atoms with E-state index in [2.05, 4.69) is 21.2 Å². The van der Waals surface area contributed by atoms with Crippen molar-refractivity contribution in [3.05, 3.63) is 29.6 Å². The largest absolute Gasteiger partial charge is 0.325 e. The molecule has 0 radical (unpaired) electrons. The zero-order valence-electron chi connectivity index (χ0n) is 9.17. The van der Waals surface area contributed by atoms with E-state index >= 15 is 0 Å². The summed E-state index contributed by atoms with van der Waals surface area (Å²) in [5.41, 5.74) is 0.109. The fourth-order valence-electron chi connectivity index (χ4n) is 1.33. The van der Waals surface area contributed by atoms with Crippen LogP contribution in [-0.4, -0.2) is 11.2 Å². The molecule has 1 N–H and O–H groups in total. The first-order valence-corrected chi connectivity index (χ1v) is 6.35. The third-order valence-corrected chi connectivity index (χ3v) is 2.75. The Kier molecular flexibility index (Phi) is 5.64. The Morgan fingerprint density at radius 2 is 2.24 bits per heavy atom. The second-order valence-electron chi connectivity index (χ2n) is 3.47. The average molecular weight is 299 g/mol. The molecule has 90 valence electrons. The molecule has 1 aromatic carbocycles. The first-order chi connectivity index (χ1) is 8.19. The summed E-state index contributed by atoms with van der Waals surface area (Å²) in [6.07, 6.45) is 2.03. The molecule has 0 heterocycles. The minimum absolute atomic E-state index is 0.124. The van der Waals surface area contributed by atoms with E-state index in [1.165, 1.54) is 18.2 Å². The Balaban J connectivity index is 2.66. The van der Waals surface area contributed by atoms with E-state index in [0.717, 1.165) is 18.2 Å². The summed E-state index contributed by atoms with van der Waals surface area (Å²) < 4.78 is 13.2. The number of anilines is 1. The van der Waals surface area contributed by atoms with E-state index < -0.39 is 5.82 Å². The summed E-state index contributed by atoms with van der Waals surface area (Å²) in [6, 6.07) is 5.91. The maximum absolute atomic E-state index is 13.2. The fraction of sp³-hybridized carbons (Fsp3) is 0.333. The molecule has 1 aromatic rings. The van der Waals surface area contributed by atoms with Gasteiger partial charge in [0.15, 0.2) is 0 Å². The van der Waals surface area contributed by atoms with Gasteiger partial charge in [-0.15, -0.1) is 0 Å². The molecular weight excluding hydrogens is 287 g/mol. The van der Waals surface area contributed by atoms with Crippen molar-refractivity contribution in [3.8, 4) is 6.07 Å². The van der Waals surface area contributed by atoms with E-state index in [1.807, 2.05) is 0 Å². The van der Waals surface area contributed by atoms with Crippen molar-refractivity contribution in [2.45, 2.75) is 19.3 Å². The lowest BCUT2D eigenvalue weighted by molar-refractivity contribution is -0.116. The van der Waals surface area contributed by atoms with Gasteiger partial charge in [-0.1, -0.05) is 22.0 Å². The number of nitriles is 1. The molecule has 0 saturated carbocycles. The van der Waals surface area contributed by atoms with E-state index in [-0.39, 0.29) is 17.2 Å². The number of carbonyl (C=O) groups is 1. The summed E-state index contributed by atoms with van der Waals surface area (Å²) in [5.74, 6) is -0.821. The second-order valence-corrected chi connectivity index (χ2v) is 4.26. The van der Waals surface area contributed by atoms with Gasteiger partial charge >= 0.3 is 0 Å². The highest BCUT2D eigenvalue weighted by atomic mass is 79.9. The Labute approximate surface area is 108 Å². The number of carbonyl (C=O) groups excluding carboxylic acids is 1. The highest BCUT2D eigenvalue weighted by molar-refractivity contribution is 9.09. The Morgan fingerprint density at radius 1 is 1.47 bits per heavy atom. The van der Waals surface area contributed by atoms with E-state index in [0.29, 0.717) is 6.42 Å². The number of amides is 1. The number of alkyl halides is 1. The van der Waals surface area contributed by atoms with Gasteiger partial charge in [-0.2, -0.15) is 5.26 Å². The van der Waals surface area contributed by atoms with Gasteiger partial charge < -0.3 is 5.32 Å². The number of unbranched alkanes of at least 4 members (excludes halogenated alkanes) is 1. The van der Waals surface area contributed by atoms with E-state index in [9.17, 15) is 9.18 Å². The minimum atomic E-state index is -0.620. The molecule has 5 heteroatoms. The maximum atomic E-state index is 13.2. The van der Waals surface area contributed by atoms with Gasteiger partial charge in [0.2, 0.25) is 5.91 Å². The zero-order valence-corrected chi connectivity index (χ0v) is 10.8. The normalized spacial score (nSPS) is 9.71. The molecular formula is C12H12BrFN2O. The van der Waals surface area contributed by atoms with E-state index in [1.54, 1.807) is 6.07 Å². The van der Waals surface area contributed by atoms with Gasteiger partial charge in [0.25, 0.3) is 0 Å². The molecule has 0 unspecified atom stereocenters. The van der Waals surface area contributed by atoms with Gasteiger partial charge in [0.1, 0.15) is 17.4 Å². The summed E-state index contributed by atoms with van der Waals surface area (Å²) >= 11 is 3.27. The summed E-state index contributed by atoms with van der Waals surface area (Å²) in [7, 11) is 0. The third kappa shape index (κ3) is 4.16. The van der Waals surface area contributed by atoms with E-state index in [4.69, 9.17) is 5.26 Å². The lowest BCUT2D eigenvalue weighted by Crippen LogP contribution is -2.12. The van der Waals surface area contributed by atoms with Gasteiger partial charge in [-0.25, -0.2) is 4.39 Å². The van der Waals surface area contributed by atoms with Crippen LogP contribution >= 0.6 is 15.9 Å². The van der Waals surface area contributed by atoms with Crippen LogP contribution in [-0.2, 0) is 4.79 Å². The first kappa shape index (κ1) is 13.7. The number of nitrogens with one attached hydrogen (secondary N) is 1. The molecule has 17 heavy (non-hydrogen) atoms. The van der Waals surface area contributed by atoms with Crippen molar-refractivity contribution >= 4 is 27.5 Å². The van der Waals surface area contributed by atoms with Crippen molar-refractivity contribution in [2.75, 3.05) is 10.6 Å². The molecule has 1 rings (SSSR count). The lowest BCUT2D eigenvalue weighted by atomic mass is 10.1. The summed E-state index contributed by atoms with van der Waals surface area (Å²) in [6.45, 7) is 0. The predicted molar refractivity (Wildman–Crippen MR) is 67.4 cm³/mol. The third-order valence-electron chi connectivity index (χ3n) is 2.19. The molecule has 0 spiro atoms. The van der Waals surface area contributed by atoms with Gasteiger partial charge in [-0.3, -0.25) is 4.79 Å². The van der Waals surface area contributed by atoms with Crippen LogP contribution in [0.15, 0.2) is 18.2 Å². The van der Waals surface area contributed by atoms with Crippen molar-refractivity contribution in [1.29, 1.82) is 5.26 Å². The number of rotatable bonds is 5. The SMILES string of the molecule is N#Cc1c(F)cccc1NC(=O)CCCCBr. The molecule has 1 amide bonds. The highest BCUT2D eigenvalue weighted by Crippen LogP contribution is 2.18. The average Bonchev–Trinajstić information content (AvgIpc) is 2.29. The molecule has 0 bridgehead atoms. The Morgan fingerprint density at radius 3 is 2.88 bits per heavy atom. The second kappa shape index (κ2) is 7.02. The van der Waals surface area contributed by atoms with Crippen molar-refractivity contribution in [3.63, 3.8) is 0 Å². The number of hydrogen-bond donors (Lipinski definition) is 1. The molecule has 0 aliphatic carbocycles. The molecule has 0 atom stereocenters. The van der Waals surface area contributed by atoms with Crippen LogP contribution in [0.2, 0.25) is 0 Å². The highest BCUT2D eigenvalue weighted by Gasteiger charge is 2.10. The van der Waals surface area contributed by atoms with Crippen LogP contribution in [0.5, 0.6) is 0 Å². The molecule has 0 aromatic heterocycles. The monoisotopic (exact) mass is 298 g/mol. The van der Waals surface area contributed by atoms with Gasteiger partial charge in [0.05, 0.1) is 5.69 Å². The number of nitrogens with zero attached hydrogens (tertiary/aromatic N) is 1. The van der Waals surface area contributed by atoms with Crippen LogP contribution < -0.4 is 5.32 Å². The topological polar surface area (TPSA) is 52.9 Å². The Hall–Kier alpha value is -1.41. The smallest absolute Gasteiger partial charge is 0.224 e. The molecule has 0 aliphatic heterocycles. The molecule has 3 nitrogen and oxygen atoms in total. The van der Waals surface area contributed by atoms with Crippen LogP contribution in [0.3, 0.4) is 0 Å². The number of benzene rings is 1. The number of hydrogen-bond acceptors (Lipinski definition) is 2. The number of halogens is 2. The van der Waals surface area contributed by atoms with Crippen LogP contribution in [0.4, 0.5) is 10.1 Å². The quantitative estimate of drug-likeness (QED) is 0.670. The van der Waals surface area contributed by atoms with Gasteiger partial charge in [-0.05, 0) is 25.0 Å². The standard InChI is InChI=1S/C12H12BrFN2O/c13-7-2-1-6-12(17)16-11-5-3-4-10(14)9(11)8-15/h3-5H,1-2,6-7H2,(H,16,17). The maximum Gasteiger partial charge on any atom is 0.224 e. The van der Waals surface area contributed by atoms with Crippen molar-refractivity contribution in [2.24, 2.45) is 0 Å². The molecule has 0 fully saturated rings. The predicted octanol–water partition coefficient (Wildman–Crippen LogP) is 3.20.